The van der Waals surface area contributed by atoms with E-state index in [2.05, 4.69) is 15.2 Å². The molecule has 2 rings (SSSR count). The normalized spacial score (nSPS) is 10.1. The van der Waals surface area contributed by atoms with Gasteiger partial charge < -0.3 is 15.2 Å². The largest absolute Gasteiger partial charge is 0.354 e. The second-order valence-corrected chi connectivity index (χ2v) is 4.79. The molecule has 0 spiro atoms. The molecule has 0 saturated carbocycles. The minimum atomic E-state index is -0.153. The van der Waals surface area contributed by atoms with Crippen LogP contribution >= 0.6 is 0 Å². The van der Waals surface area contributed by atoms with Crippen LogP contribution in [0.5, 0.6) is 0 Å². The van der Waals surface area contributed by atoms with Gasteiger partial charge in [0.25, 0.3) is 5.91 Å². The number of anilines is 1. The van der Waals surface area contributed by atoms with E-state index in [1.807, 2.05) is 24.5 Å². The van der Waals surface area contributed by atoms with Crippen LogP contribution in [-0.4, -0.2) is 22.9 Å². The van der Waals surface area contributed by atoms with Crippen molar-refractivity contribution >= 4 is 17.5 Å². The van der Waals surface area contributed by atoms with E-state index in [4.69, 9.17) is 0 Å². The number of amides is 2. The highest BCUT2D eigenvalue weighted by Crippen LogP contribution is 2.10. The molecule has 21 heavy (non-hydrogen) atoms. The number of carbonyl (C=O) groups is 2. The van der Waals surface area contributed by atoms with Gasteiger partial charge in [0.05, 0.1) is 0 Å². The van der Waals surface area contributed by atoms with E-state index in [0.29, 0.717) is 17.8 Å². The molecule has 0 aliphatic rings. The zero-order chi connectivity index (χ0) is 15.1. The Labute approximate surface area is 124 Å². The molecule has 5 nitrogen and oxygen atoms in total. The quantitative estimate of drug-likeness (QED) is 0.800. The lowest BCUT2D eigenvalue weighted by Crippen LogP contribution is -2.25. The Morgan fingerprint density at radius 1 is 1.14 bits per heavy atom. The molecule has 0 radical (unpaired) electrons. The highest BCUT2D eigenvalue weighted by molar-refractivity contribution is 5.96. The van der Waals surface area contributed by atoms with Crippen LogP contribution in [0.25, 0.3) is 0 Å². The van der Waals surface area contributed by atoms with Gasteiger partial charge in [0, 0.05) is 43.7 Å². The van der Waals surface area contributed by atoms with E-state index >= 15 is 0 Å². The van der Waals surface area contributed by atoms with Crippen LogP contribution in [0.15, 0.2) is 48.8 Å². The molecule has 0 bridgehead atoms. The molecule has 110 valence electrons. The Bertz CT molecular complexity index is 606. The van der Waals surface area contributed by atoms with Crippen molar-refractivity contribution in [2.24, 2.45) is 0 Å². The van der Waals surface area contributed by atoms with Crippen molar-refractivity contribution in [1.29, 1.82) is 0 Å². The molecule has 1 aromatic heterocycles. The summed E-state index contributed by atoms with van der Waals surface area (Å²) < 4.78 is 2.07. The van der Waals surface area contributed by atoms with Gasteiger partial charge in [-0.3, -0.25) is 9.59 Å². The zero-order valence-corrected chi connectivity index (χ0v) is 12.0. The lowest BCUT2D eigenvalue weighted by Gasteiger charge is -2.08. The SMILES string of the molecule is CC(=O)Nc1cccc(C(=O)NCCCn2cccc2)c1. The average molecular weight is 285 g/mol. The number of rotatable bonds is 6. The topological polar surface area (TPSA) is 63.1 Å². The van der Waals surface area contributed by atoms with Crippen LogP contribution in [-0.2, 0) is 11.3 Å². The molecule has 1 heterocycles. The van der Waals surface area contributed by atoms with Crippen molar-refractivity contribution in [3.8, 4) is 0 Å². The maximum atomic E-state index is 12.0. The first-order valence-electron chi connectivity index (χ1n) is 6.92. The van der Waals surface area contributed by atoms with E-state index in [1.54, 1.807) is 24.3 Å². The molecule has 0 unspecified atom stereocenters. The number of hydrogen-bond donors (Lipinski definition) is 2. The molecule has 2 amide bonds. The van der Waals surface area contributed by atoms with Gasteiger partial charge in [-0.2, -0.15) is 0 Å². The van der Waals surface area contributed by atoms with Gasteiger partial charge in [-0.1, -0.05) is 6.07 Å². The summed E-state index contributed by atoms with van der Waals surface area (Å²) in [6.45, 7) is 2.93. The van der Waals surface area contributed by atoms with Gasteiger partial charge in [0.15, 0.2) is 0 Å². The minimum Gasteiger partial charge on any atom is -0.354 e. The fraction of sp³-hybridized carbons (Fsp3) is 0.250. The third kappa shape index (κ3) is 4.80. The van der Waals surface area contributed by atoms with E-state index in [9.17, 15) is 9.59 Å². The van der Waals surface area contributed by atoms with Crippen LogP contribution in [0.4, 0.5) is 5.69 Å². The first-order valence-corrected chi connectivity index (χ1v) is 6.92. The lowest BCUT2D eigenvalue weighted by atomic mass is 10.2. The van der Waals surface area contributed by atoms with E-state index < -0.39 is 0 Å². The predicted molar refractivity (Wildman–Crippen MR) is 82.1 cm³/mol. The Morgan fingerprint density at radius 3 is 2.62 bits per heavy atom. The Hall–Kier alpha value is -2.56. The summed E-state index contributed by atoms with van der Waals surface area (Å²) >= 11 is 0. The smallest absolute Gasteiger partial charge is 0.251 e. The number of aromatic nitrogens is 1. The van der Waals surface area contributed by atoms with Gasteiger partial charge in [0.2, 0.25) is 5.91 Å². The van der Waals surface area contributed by atoms with Gasteiger partial charge in [-0.15, -0.1) is 0 Å². The van der Waals surface area contributed by atoms with Crippen LogP contribution in [0.3, 0.4) is 0 Å². The molecule has 0 atom stereocenters. The summed E-state index contributed by atoms with van der Waals surface area (Å²) in [5, 5.41) is 5.54. The standard InChI is InChI=1S/C16H19N3O2/c1-13(20)18-15-7-4-6-14(12-15)16(21)17-8-5-11-19-9-2-3-10-19/h2-4,6-7,9-10,12H,5,8,11H2,1H3,(H,17,21)(H,18,20). The highest BCUT2D eigenvalue weighted by atomic mass is 16.2. The Kier molecular flexibility index (Phi) is 5.15. The number of benzene rings is 1. The number of hydrogen-bond acceptors (Lipinski definition) is 2. The van der Waals surface area contributed by atoms with Crippen molar-refractivity contribution < 1.29 is 9.59 Å². The summed E-state index contributed by atoms with van der Waals surface area (Å²) in [5.41, 5.74) is 1.17. The first-order chi connectivity index (χ1) is 10.1. The molecule has 0 aliphatic heterocycles. The fourth-order valence-corrected chi connectivity index (χ4v) is 2.03. The molecule has 1 aromatic carbocycles. The summed E-state index contributed by atoms with van der Waals surface area (Å²) in [7, 11) is 0. The predicted octanol–water partition coefficient (Wildman–Crippen LogP) is 2.27. The van der Waals surface area contributed by atoms with Crippen molar-refractivity contribution in [3.05, 3.63) is 54.4 Å². The van der Waals surface area contributed by atoms with Crippen molar-refractivity contribution in [1.82, 2.24) is 9.88 Å². The van der Waals surface area contributed by atoms with Crippen molar-refractivity contribution in [3.63, 3.8) is 0 Å². The van der Waals surface area contributed by atoms with Crippen LogP contribution in [0.2, 0.25) is 0 Å². The molecule has 2 aromatic rings. The second kappa shape index (κ2) is 7.28. The van der Waals surface area contributed by atoms with Gasteiger partial charge >= 0.3 is 0 Å². The summed E-state index contributed by atoms with van der Waals surface area (Å²) in [6, 6.07) is 10.9. The maximum Gasteiger partial charge on any atom is 0.251 e. The van der Waals surface area contributed by atoms with Crippen LogP contribution < -0.4 is 10.6 Å². The minimum absolute atomic E-state index is 0.130. The molecule has 0 aliphatic carbocycles. The van der Waals surface area contributed by atoms with Gasteiger partial charge in [-0.25, -0.2) is 0 Å². The third-order valence-corrected chi connectivity index (χ3v) is 2.99. The number of nitrogens with zero attached hydrogens (tertiary/aromatic N) is 1. The molecule has 0 saturated heterocycles. The highest BCUT2D eigenvalue weighted by Gasteiger charge is 2.06. The molecule has 2 N–H and O–H groups in total. The monoisotopic (exact) mass is 285 g/mol. The molecular weight excluding hydrogens is 266 g/mol. The molecule has 0 fully saturated rings. The third-order valence-electron chi connectivity index (χ3n) is 2.99. The second-order valence-electron chi connectivity index (χ2n) is 4.79. The lowest BCUT2D eigenvalue weighted by molar-refractivity contribution is -0.114. The van der Waals surface area contributed by atoms with Crippen molar-refractivity contribution in [2.45, 2.75) is 19.9 Å². The van der Waals surface area contributed by atoms with Crippen LogP contribution in [0, 0.1) is 0 Å². The summed E-state index contributed by atoms with van der Waals surface area (Å²) in [5.74, 6) is -0.283. The zero-order valence-electron chi connectivity index (χ0n) is 12.0. The van der Waals surface area contributed by atoms with Crippen LogP contribution in [0.1, 0.15) is 23.7 Å². The number of nitrogens with one attached hydrogen (secondary N) is 2. The number of aryl methyl sites for hydroxylation is 1. The van der Waals surface area contributed by atoms with Gasteiger partial charge in [0.1, 0.15) is 0 Å². The van der Waals surface area contributed by atoms with Gasteiger partial charge in [-0.05, 0) is 36.8 Å². The van der Waals surface area contributed by atoms with Crippen molar-refractivity contribution in [2.75, 3.05) is 11.9 Å². The average Bonchev–Trinajstić information content (AvgIpc) is 2.96. The van der Waals surface area contributed by atoms with E-state index in [1.165, 1.54) is 6.92 Å². The first kappa shape index (κ1) is 14.8. The molecule has 5 heteroatoms. The Balaban J connectivity index is 1.81. The van der Waals surface area contributed by atoms with E-state index in [-0.39, 0.29) is 11.8 Å². The van der Waals surface area contributed by atoms with E-state index in [0.717, 1.165) is 13.0 Å². The Morgan fingerprint density at radius 2 is 1.90 bits per heavy atom. The number of carbonyl (C=O) groups excluding carboxylic acids is 2. The summed E-state index contributed by atoms with van der Waals surface area (Å²) in [6.07, 6.45) is 4.86. The maximum absolute atomic E-state index is 12.0. The summed E-state index contributed by atoms with van der Waals surface area (Å²) in [4.78, 5) is 23.0. The molecular formula is C16H19N3O2. The fourth-order valence-electron chi connectivity index (χ4n) is 2.03.